The number of urea groups is 1. The molecule has 124 valence electrons. The Morgan fingerprint density at radius 3 is 2.88 bits per heavy atom. The van der Waals surface area contributed by atoms with Crippen LogP contribution in [0.1, 0.15) is 29.1 Å². The molecule has 24 heavy (non-hydrogen) atoms. The van der Waals surface area contributed by atoms with Gasteiger partial charge in [0.05, 0.1) is 12.6 Å². The molecule has 2 heterocycles. The predicted molar refractivity (Wildman–Crippen MR) is 91.5 cm³/mol. The lowest BCUT2D eigenvalue weighted by Gasteiger charge is -2.14. The van der Waals surface area contributed by atoms with Gasteiger partial charge in [-0.1, -0.05) is 24.3 Å². The first-order valence-electron chi connectivity index (χ1n) is 7.55. The van der Waals surface area contributed by atoms with E-state index in [9.17, 15) is 4.79 Å². The van der Waals surface area contributed by atoms with Crippen LogP contribution in [0.3, 0.4) is 0 Å². The Hall–Kier alpha value is -2.74. The number of carbonyl (C=O) groups excluding carboxylic acids is 1. The van der Waals surface area contributed by atoms with Gasteiger partial charge in [-0.05, 0) is 18.1 Å². The summed E-state index contributed by atoms with van der Waals surface area (Å²) < 4.78 is 1.75. The summed E-state index contributed by atoms with van der Waals surface area (Å²) in [4.78, 5) is 20.2. The van der Waals surface area contributed by atoms with Gasteiger partial charge in [-0.25, -0.2) is 19.4 Å². The van der Waals surface area contributed by atoms with E-state index in [1.54, 1.807) is 17.2 Å². The summed E-state index contributed by atoms with van der Waals surface area (Å²) in [5.41, 5.74) is 2.14. The van der Waals surface area contributed by atoms with Crippen LogP contribution >= 0.6 is 11.3 Å². The number of aromatic nitrogens is 4. The Labute approximate surface area is 143 Å². The topological polar surface area (TPSA) is 84.7 Å². The minimum absolute atomic E-state index is 0.115. The van der Waals surface area contributed by atoms with Crippen LogP contribution in [0.2, 0.25) is 0 Å². The smallest absolute Gasteiger partial charge is 0.315 e. The molecule has 0 fully saturated rings. The molecule has 3 aromatic rings. The summed E-state index contributed by atoms with van der Waals surface area (Å²) in [6.45, 7) is 2.98. The number of benzene rings is 1. The van der Waals surface area contributed by atoms with E-state index in [0.29, 0.717) is 13.1 Å². The molecule has 0 aliphatic heterocycles. The summed E-state index contributed by atoms with van der Waals surface area (Å²) in [5, 5.41) is 12.7. The van der Waals surface area contributed by atoms with E-state index in [1.807, 2.05) is 36.6 Å². The van der Waals surface area contributed by atoms with Crippen molar-refractivity contribution in [3.63, 3.8) is 0 Å². The van der Waals surface area contributed by atoms with Crippen molar-refractivity contribution < 1.29 is 4.79 Å². The van der Waals surface area contributed by atoms with Crippen molar-refractivity contribution >= 4 is 17.4 Å². The quantitative estimate of drug-likeness (QED) is 0.720. The molecular weight excluding hydrogens is 324 g/mol. The van der Waals surface area contributed by atoms with Gasteiger partial charge in [0, 0.05) is 18.1 Å². The average molecular weight is 342 g/mol. The Kier molecular flexibility index (Phi) is 5.17. The third-order valence-electron chi connectivity index (χ3n) is 3.53. The minimum atomic E-state index is -0.215. The van der Waals surface area contributed by atoms with E-state index < -0.39 is 0 Å². The van der Waals surface area contributed by atoms with E-state index in [0.717, 1.165) is 16.1 Å². The zero-order valence-electron chi connectivity index (χ0n) is 13.2. The average Bonchev–Trinajstić information content (AvgIpc) is 3.27. The zero-order chi connectivity index (χ0) is 16.8. The molecule has 0 radical (unpaired) electrons. The maximum atomic E-state index is 12.1. The first-order valence-corrected chi connectivity index (χ1v) is 8.43. The largest absolute Gasteiger partial charge is 0.334 e. The number of nitrogens with zero attached hydrogens (tertiary/aromatic N) is 4. The van der Waals surface area contributed by atoms with Gasteiger partial charge < -0.3 is 10.6 Å². The Morgan fingerprint density at radius 2 is 2.17 bits per heavy atom. The van der Waals surface area contributed by atoms with E-state index >= 15 is 0 Å². The van der Waals surface area contributed by atoms with Gasteiger partial charge in [-0.2, -0.15) is 5.10 Å². The van der Waals surface area contributed by atoms with Crippen LogP contribution in [-0.2, 0) is 13.1 Å². The van der Waals surface area contributed by atoms with Crippen molar-refractivity contribution in [1.82, 2.24) is 30.4 Å². The van der Waals surface area contributed by atoms with Gasteiger partial charge in [-0.15, -0.1) is 11.3 Å². The van der Waals surface area contributed by atoms with Crippen LogP contribution < -0.4 is 10.6 Å². The Bertz CT molecular complexity index is 772. The third-order valence-corrected chi connectivity index (χ3v) is 4.48. The Balaban J connectivity index is 1.57. The number of amides is 2. The second-order valence-electron chi connectivity index (χ2n) is 5.28. The summed E-state index contributed by atoms with van der Waals surface area (Å²) in [6.07, 6.45) is 4.91. The summed E-state index contributed by atoms with van der Waals surface area (Å²) >= 11 is 1.52. The van der Waals surface area contributed by atoms with E-state index in [4.69, 9.17) is 0 Å². The van der Waals surface area contributed by atoms with Gasteiger partial charge in [0.2, 0.25) is 0 Å². The molecule has 0 aliphatic rings. The fourth-order valence-electron chi connectivity index (χ4n) is 2.31. The van der Waals surface area contributed by atoms with Crippen LogP contribution in [0, 0.1) is 0 Å². The number of thiazole rings is 1. The van der Waals surface area contributed by atoms with Crippen molar-refractivity contribution in [3.05, 3.63) is 64.6 Å². The van der Waals surface area contributed by atoms with E-state index in [1.165, 1.54) is 17.7 Å². The van der Waals surface area contributed by atoms with Crippen LogP contribution in [0.25, 0.3) is 0 Å². The van der Waals surface area contributed by atoms with Crippen LogP contribution in [0.4, 0.5) is 4.79 Å². The molecule has 0 aliphatic carbocycles. The molecular formula is C16H18N6OS. The molecule has 3 rings (SSSR count). The lowest BCUT2D eigenvalue weighted by molar-refractivity contribution is 0.237. The van der Waals surface area contributed by atoms with Crippen molar-refractivity contribution in [1.29, 1.82) is 0 Å². The van der Waals surface area contributed by atoms with Gasteiger partial charge in [-0.3, -0.25) is 0 Å². The normalized spacial score (nSPS) is 11.9. The van der Waals surface area contributed by atoms with Crippen molar-refractivity contribution in [3.8, 4) is 0 Å². The molecule has 2 aromatic heterocycles. The van der Waals surface area contributed by atoms with Gasteiger partial charge in [0.15, 0.2) is 0 Å². The highest BCUT2D eigenvalue weighted by Crippen LogP contribution is 2.14. The molecule has 2 N–H and O–H groups in total. The molecule has 1 aromatic carbocycles. The number of hydrogen-bond acceptors (Lipinski definition) is 5. The SMILES string of the molecule is C[C@H](NC(=O)NCc1ccccc1Cn1cncn1)c1nccs1. The van der Waals surface area contributed by atoms with Crippen molar-refractivity contribution in [2.24, 2.45) is 0 Å². The lowest BCUT2D eigenvalue weighted by atomic mass is 10.1. The molecule has 0 saturated heterocycles. The number of carbonyl (C=O) groups is 1. The molecule has 2 amide bonds. The minimum Gasteiger partial charge on any atom is -0.334 e. The highest BCUT2D eigenvalue weighted by Gasteiger charge is 2.12. The van der Waals surface area contributed by atoms with Crippen molar-refractivity contribution in [2.75, 3.05) is 0 Å². The molecule has 0 unspecified atom stereocenters. The van der Waals surface area contributed by atoms with Crippen LogP contribution in [-0.4, -0.2) is 25.8 Å². The van der Waals surface area contributed by atoms with Gasteiger partial charge >= 0.3 is 6.03 Å². The van der Waals surface area contributed by atoms with Gasteiger partial charge in [0.25, 0.3) is 0 Å². The van der Waals surface area contributed by atoms with E-state index in [2.05, 4.69) is 25.7 Å². The summed E-state index contributed by atoms with van der Waals surface area (Å²) in [6, 6.07) is 7.62. The molecule has 0 bridgehead atoms. The Morgan fingerprint density at radius 1 is 1.33 bits per heavy atom. The first-order chi connectivity index (χ1) is 11.7. The summed E-state index contributed by atoms with van der Waals surface area (Å²) in [5.74, 6) is 0. The fraction of sp³-hybridized carbons (Fsp3) is 0.250. The maximum absolute atomic E-state index is 12.1. The first kappa shape index (κ1) is 16.1. The van der Waals surface area contributed by atoms with Crippen LogP contribution in [0.5, 0.6) is 0 Å². The van der Waals surface area contributed by atoms with Gasteiger partial charge in [0.1, 0.15) is 17.7 Å². The molecule has 1 atom stereocenters. The predicted octanol–water partition coefficient (Wildman–Crippen LogP) is 2.34. The summed E-state index contributed by atoms with van der Waals surface area (Å²) in [7, 11) is 0. The molecule has 0 spiro atoms. The molecule has 0 saturated carbocycles. The number of rotatable bonds is 6. The zero-order valence-corrected chi connectivity index (χ0v) is 14.0. The standard InChI is InChI=1S/C16H18N6OS/c1-12(15-18-6-7-24-15)21-16(23)19-8-13-4-2-3-5-14(13)9-22-11-17-10-20-22/h2-7,10-12H,8-9H2,1H3,(H2,19,21,23)/t12-/m0/s1. The highest BCUT2D eigenvalue weighted by molar-refractivity contribution is 7.09. The fourth-order valence-corrected chi connectivity index (χ4v) is 2.95. The number of nitrogens with one attached hydrogen (secondary N) is 2. The molecule has 7 nitrogen and oxygen atoms in total. The van der Waals surface area contributed by atoms with Crippen LogP contribution in [0.15, 0.2) is 48.5 Å². The maximum Gasteiger partial charge on any atom is 0.315 e. The highest BCUT2D eigenvalue weighted by atomic mass is 32.1. The second kappa shape index (κ2) is 7.69. The third kappa shape index (κ3) is 4.17. The monoisotopic (exact) mass is 342 g/mol. The molecule has 8 heteroatoms. The second-order valence-corrected chi connectivity index (χ2v) is 6.21. The number of hydrogen-bond donors (Lipinski definition) is 2. The lowest BCUT2D eigenvalue weighted by Crippen LogP contribution is -2.36. The van der Waals surface area contributed by atoms with Crippen molar-refractivity contribution in [2.45, 2.75) is 26.1 Å². The van der Waals surface area contributed by atoms with E-state index in [-0.39, 0.29) is 12.1 Å².